The van der Waals surface area contributed by atoms with Crippen molar-refractivity contribution in [3.63, 3.8) is 0 Å². The van der Waals surface area contributed by atoms with Gasteiger partial charge in [0.1, 0.15) is 0 Å². The predicted molar refractivity (Wildman–Crippen MR) is 76.2 cm³/mol. The lowest BCUT2D eigenvalue weighted by Crippen LogP contribution is -2.34. The Balaban J connectivity index is 2.64. The third kappa shape index (κ3) is 4.63. The number of rotatable bonds is 7. The van der Waals surface area contributed by atoms with Crippen molar-refractivity contribution in [1.29, 1.82) is 0 Å². The maximum Gasteiger partial charge on any atom is 0.166 e. The molecule has 0 saturated carbocycles. The zero-order valence-electron chi connectivity index (χ0n) is 11.9. The van der Waals surface area contributed by atoms with E-state index in [0.717, 1.165) is 17.5 Å². The summed E-state index contributed by atoms with van der Waals surface area (Å²) < 4.78 is 11.7. The Morgan fingerprint density at radius 2 is 2.11 bits per heavy atom. The van der Waals surface area contributed by atoms with E-state index in [-0.39, 0.29) is 6.10 Å². The summed E-state index contributed by atoms with van der Waals surface area (Å²) in [4.78, 5) is 0. The summed E-state index contributed by atoms with van der Waals surface area (Å²) in [6.45, 7) is 12.4. The minimum atomic E-state index is -0.516. The molecule has 1 unspecified atom stereocenters. The largest absolute Gasteiger partial charge is 0.348 e. The highest BCUT2D eigenvalue weighted by atomic mass is 16.7. The van der Waals surface area contributed by atoms with Crippen LogP contribution in [0, 0.1) is 0 Å². The Labute approximate surface area is 111 Å². The molecule has 0 aromatic heterocycles. The second-order valence-electron chi connectivity index (χ2n) is 4.89. The van der Waals surface area contributed by atoms with Gasteiger partial charge >= 0.3 is 0 Å². The molecule has 1 rings (SSSR count). The zero-order chi connectivity index (χ0) is 13.6. The average Bonchev–Trinajstić information content (AvgIpc) is 2.36. The Bertz CT molecular complexity index is 384. The second kappa shape index (κ2) is 6.72. The summed E-state index contributed by atoms with van der Waals surface area (Å²) in [6, 6.07) is 8.18. The molecule has 1 aromatic carbocycles. The summed E-state index contributed by atoms with van der Waals surface area (Å²) in [5.74, 6) is -0.516. The fourth-order valence-electron chi connectivity index (χ4n) is 1.76. The predicted octanol–water partition coefficient (Wildman–Crippen LogP) is 4.40. The van der Waals surface area contributed by atoms with Crippen LogP contribution in [0.25, 0.3) is 6.08 Å². The summed E-state index contributed by atoms with van der Waals surface area (Å²) >= 11 is 0. The van der Waals surface area contributed by atoms with Crippen molar-refractivity contribution in [2.24, 2.45) is 0 Å². The Hall–Kier alpha value is -1.12. The van der Waals surface area contributed by atoms with Gasteiger partial charge in [-0.15, -0.1) is 0 Å². The van der Waals surface area contributed by atoms with E-state index in [1.165, 1.54) is 0 Å². The maximum atomic E-state index is 5.92. The average molecular weight is 248 g/mol. The number of benzene rings is 1. The van der Waals surface area contributed by atoms with Crippen LogP contribution >= 0.6 is 0 Å². The first kappa shape index (κ1) is 14.9. The highest BCUT2D eigenvalue weighted by molar-refractivity contribution is 5.47. The third-order valence-corrected chi connectivity index (χ3v) is 2.86. The number of ether oxygens (including phenoxy) is 2. The smallest absolute Gasteiger partial charge is 0.166 e. The van der Waals surface area contributed by atoms with Gasteiger partial charge in [-0.1, -0.05) is 37.8 Å². The van der Waals surface area contributed by atoms with E-state index in [1.807, 2.05) is 39.0 Å². The first-order chi connectivity index (χ1) is 8.49. The van der Waals surface area contributed by atoms with E-state index in [4.69, 9.17) is 9.47 Å². The molecule has 0 bridgehead atoms. The van der Waals surface area contributed by atoms with Crippen molar-refractivity contribution in [1.82, 2.24) is 0 Å². The molecule has 2 nitrogen and oxygen atoms in total. The molecule has 0 aliphatic carbocycles. The van der Waals surface area contributed by atoms with Gasteiger partial charge in [0.25, 0.3) is 0 Å². The van der Waals surface area contributed by atoms with Gasteiger partial charge in [-0.05, 0) is 44.4 Å². The van der Waals surface area contributed by atoms with Gasteiger partial charge in [0.2, 0.25) is 0 Å². The molecule has 0 aliphatic rings. The number of hydrogen-bond acceptors (Lipinski definition) is 2. The fraction of sp³-hybridized carbons (Fsp3) is 0.500. The quantitative estimate of drug-likeness (QED) is 0.666. The summed E-state index contributed by atoms with van der Waals surface area (Å²) in [5, 5.41) is 0. The van der Waals surface area contributed by atoms with Gasteiger partial charge in [-0.2, -0.15) is 0 Å². The lowest BCUT2D eigenvalue weighted by molar-refractivity contribution is -0.249. The van der Waals surface area contributed by atoms with Crippen molar-refractivity contribution < 1.29 is 9.47 Å². The van der Waals surface area contributed by atoms with Gasteiger partial charge in [0.05, 0.1) is 12.7 Å². The second-order valence-corrected chi connectivity index (χ2v) is 4.89. The van der Waals surface area contributed by atoms with Gasteiger partial charge in [0, 0.05) is 0 Å². The first-order valence-electron chi connectivity index (χ1n) is 6.52. The number of hydrogen-bond donors (Lipinski definition) is 0. The van der Waals surface area contributed by atoms with Crippen LogP contribution in [-0.4, -0.2) is 11.9 Å². The molecule has 0 spiro atoms. The Morgan fingerprint density at radius 1 is 1.39 bits per heavy atom. The molecule has 100 valence electrons. The molecule has 1 atom stereocenters. The van der Waals surface area contributed by atoms with Gasteiger partial charge in [-0.25, -0.2) is 0 Å². The minimum absolute atomic E-state index is 0.162. The summed E-state index contributed by atoms with van der Waals surface area (Å²) in [7, 11) is 0. The topological polar surface area (TPSA) is 18.5 Å². The fourth-order valence-corrected chi connectivity index (χ4v) is 1.76. The van der Waals surface area contributed by atoms with Crippen LogP contribution in [0.5, 0.6) is 0 Å². The van der Waals surface area contributed by atoms with Crippen molar-refractivity contribution in [3.05, 3.63) is 42.0 Å². The maximum absolute atomic E-state index is 5.92. The van der Waals surface area contributed by atoms with Crippen molar-refractivity contribution in [3.8, 4) is 0 Å². The zero-order valence-corrected chi connectivity index (χ0v) is 11.9. The van der Waals surface area contributed by atoms with E-state index < -0.39 is 5.79 Å². The molecule has 1 aromatic rings. The summed E-state index contributed by atoms with van der Waals surface area (Å²) in [5.41, 5.74) is 2.25. The molecular weight excluding hydrogens is 224 g/mol. The van der Waals surface area contributed by atoms with E-state index in [1.54, 1.807) is 0 Å². The standard InChI is InChI=1S/C16H24O2/c1-6-14-9-8-10-15(11-14)12-17-16(5,7-2)18-13(3)4/h6,8-11,13H,1,7,12H2,2-5H3. The van der Waals surface area contributed by atoms with Crippen LogP contribution in [0.15, 0.2) is 30.8 Å². The van der Waals surface area contributed by atoms with Crippen LogP contribution in [0.3, 0.4) is 0 Å². The van der Waals surface area contributed by atoms with Crippen molar-refractivity contribution >= 4 is 6.08 Å². The van der Waals surface area contributed by atoms with E-state index >= 15 is 0 Å². The molecule has 18 heavy (non-hydrogen) atoms. The molecule has 0 heterocycles. The normalized spacial score (nSPS) is 14.5. The monoisotopic (exact) mass is 248 g/mol. The molecule has 0 fully saturated rings. The van der Waals surface area contributed by atoms with Crippen molar-refractivity contribution in [2.45, 2.75) is 52.6 Å². The Morgan fingerprint density at radius 3 is 2.67 bits per heavy atom. The highest BCUT2D eigenvalue weighted by Gasteiger charge is 2.24. The molecule has 0 saturated heterocycles. The van der Waals surface area contributed by atoms with Gasteiger partial charge in [-0.3, -0.25) is 0 Å². The molecule has 0 aliphatic heterocycles. The lowest BCUT2D eigenvalue weighted by Gasteiger charge is -2.31. The van der Waals surface area contributed by atoms with Crippen LogP contribution < -0.4 is 0 Å². The van der Waals surface area contributed by atoms with Gasteiger partial charge < -0.3 is 9.47 Å². The van der Waals surface area contributed by atoms with Crippen LogP contribution in [0.4, 0.5) is 0 Å². The molecule has 0 amide bonds. The highest BCUT2D eigenvalue weighted by Crippen LogP contribution is 2.21. The SMILES string of the molecule is C=Cc1cccc(COC(C)(CC)OC(C)C)c1. The van der Waals surface area contributed by atoms with Crippen LogP contribution in [0.2, 0.25) is 0 Å². The minimum Gasteiger partial charge on any atom is -0.348 e. The van der Waals surface area contributed by atoms with Crippen LogP contribution in [-0.2, 0) is 16.1 Å². The van der Waals surface area contributed by atoms with Crippen LogP contribution in [0.1, 0.15) is 45.2 Å². The Kier molecular flexibility index (Phi) is 5.57. The van der Waals surface area contributed by atoms with Gasteiger partial charge in [0.15, 0.2) is 5.79 Å². The molecule has 0 N–H and O–H groups in total. The van der Waals surface area contributed by atoms with E-state index in [9.17, 15) is 0 Å². The van der Waals surface area contributed by atoms with E-state index in [0.29, 0.717) is 6.61 Å². The third-order valence-electron chi connectivity index (χ3n) is 2.86. The van der Waals surface area contributed by atoms with E-state index in [2.05, 4.69) is 25.6 Å². The molecule has 2 heteroatoms. The molecule has 0 radical (unpaired) electrons. The van der Waals surface area contributed by atoms with Crippen molar-refractivity contribution in [2.75, 3.05) is 0 Å². The first-order valence-corrected chi connectivity index (χ1v) is 6.52. The summed E-state index contributed by atoms with van der Waals surface area (Å²) in [6.07, 6.45) is 2.83. The lowest BCUT2D eigenvalue weighted by atomic mass is 10.1. The molecular formula is C16H24O2.